The molecule has 0 radical (unpaired) electrons. The molecule has 3 heteroatoms. The van der Waals surface area contributed by atoms with Crippen molar-refractivity contribution >= 4 is 32.6 Å². The third kappa shape index (κ3) is 4.16. The molecule has 0 saturated heterocycles. The van der Waals surface area contributed by atoms with Gasteiger partial charge >= 0.3 is 0 Å². The van der Waals surface area contributed by atoms with Crippen LogP contribution in [0.4, 0.5) is 0 Å². The fourth-order valence-electron chi connectivity index (χ4n) is 5.79. The molecule has 0 N–H and O–H groups in total. The number of fused-ring (bicyclic) bond motifs is 3. The van der Waals surface area contributed by atoms with Crippen molar-refractivity contribution in [2.24, 2.45) is 0 Å². The van der Waals surface area contributed by atoms with Crippen LogP contribution in [0.25, 0.3) is 77.5 Å². The van der Waals surface area contributed by atoms with Gasteiger partial charge in [0.15, 0.2) is 5.58 Å². The number of nitrogens with zero attached hydrogens (tertiary/aromatic N) is 2. The van der Waals surface area contributed by atoms with Gasteiger partial charge in [-0.05, 0) is 97.9 Å². The Morgan fingerprint density at radius 2 is 1.10 bits per heavy atom. The predicted octanol–water partition coefficient (Wildman–Crippen LogP) is 10.2. The van der Waals surface area contributed by atoms with E-state index in [1.807, 2.05) is 36.5 Å². The maximum Gasteiger partial charge on any atom is 0.227 e. The summed E-state index contributed by atoms with van der Waals surface area (Å²) >= 11 is 0. The Balaban J connectivity index is 1.41. The summed E-state index contributed by atoms with van der Waals surface area (Å²) < 4.78 is 6.28. The topological polar surface area (TPSA) is 38.9 Å². The Hall–Kier alpha value is -5.54. The van der Waals surface area contributed by atoms with Crippen LogP contribution in [0.5, 0.6) is 0 Å². The minimum atomic E-state index is 0.613. The molecule has 0 saturated carbocycles. The van der Waals surface area contributed by atoms with E-state index in [1.165, 1.54) is 27.1 Å². The van der Waals surface area contributed by atoms with Gasteiger partial charge in [0.05, 0.1) is 0 Å². The van der Waals surface area contributed by atoms with Crippen molar-refractivity contribution in [2.45, 2.75) is 0 Å². The third-order valence-electron chi connectivity index (χ3n) is 7.72. The van der Waals surface area contributed by atoms with E-state index in [-0.39, 0.29) is 0 Å². The van der Waals surface area contributed by atoms with Crippen molar-refractivity contribution in [3.63, 3.8) is 0 Å². The number of rotatable bonds is 4. The minimum absolute atomic E-state index is 0.613. The number of benzene rings is 6. The van der Waals surface area contributed by atoms with Gasteiger partial charge in [-0.25, -0.2) is 4.98 Å². The van der Waals surface area contributed by atoms with Crippen molar-refractivity contribution < 1.29 is 4.42 Å². The highest BCUT2D eigenvalue weighted by atomic mass is 16.3. The molecule has 0 unspecified atom stereocenters. The van der Waals surface area contributed by atoms with Crippen LogP contribution in [0.3, 0.4) is 0 Å². The predicted molar refractivity (Wildman–Crippen MR) is 169 cm³/mol. The van der Waals surface area contributed by atoms with Crippen LogP contribution < -0.4 is 0 Å². The molecule has 0 amide bonds. The maximum absolute atomic E-state index is 6.28. The molecule has 0 aliphatic heterocycles. The summed E-state index contributed by atoms with van der Waals surface area (Å²) in [6, 6.07) is 46.8. The number of pyridine rings is 1. The van der Waals surface area contributed by atoms with E-state index in [0.717, 1.165) is 44.5 Å². The molecule has 8 rings (SSSR count). The van der Waals surface area contributed by atoms with Gasteiger partial charge in [-0.2, -0.15) is 0 Å². The lowest BCUT2D eigenvalue weighted by Crippen LogP contribution is -1.90. The Morgan fingerprint density at radius 3 is 1.85 bits per heavy atom. The summed E-state index contributed by atoms with van der Waals surface area (Å²) in [5.74, 6) is 0.613. The molecule has 0 aliphatic carbocycles. The zero-order valence-corrected chi connectivity index (χ0v) is 22.2. The van der Waals surface area contributed by atoms with Gasteiger partial charge < -0.3 is 4.42 Å². The number of hydrogen-bond acceptors (Lipinski definition) is 3. The first-order valence-corrected chi connectivity index (χ1v) is 13.7. The molecule has 41 heavy (non-hydrogen) atoms. The number of hydrogen-bond donors (Lipinski definition) is 0. The van der Waals surface area contributed by atoms with Crippen LogP contribution in [0.15, 0.2) is 150 Å². The lowest BCUT2D eigenvalue weighted by Gasteiger charge is -2.15. The Morgan fingerprint density at radius 1 is 0.463 bits per heavy atom. The smallest absolute Gasteiger partial charge is 0.227 e. The van der Waals surface area contributed by atoms with E-state index in [0.29, 0.717) is 5.89 Å². The van der Waals surface area contributed by atoms with Crippen LogP contribution in [0.2, 0.25) is 0 Å². The van der Waals surface area contributed by atoms with Crippen molar-refractivity contribution in [3.8, 4) is 44.8 Å². The molecule has 3 nitrogen and oxygen atoms in total. The Bertz CT molecular complexity index is 2130. The molecule has 0 bridgehead atoms. The van der Waals surface area contributed by atoms with E-state index < -0.39 is 0 Å². The van der Waals surface area contributed by atoms with Crippen LogP contribution >= 0.6 is 0 Å². The highest BCUT2D eigenvalue weighted by molar-refractivity contribution is 6.13. The summed E-state index contributed by atoms with van der Waals surface area (Å²) in [7, 11) is 0. The van der Waals surface area contributed by atoms with Crippen LogP contribution in [-0.2, 0) is 0 Å². The largest absolute Gasteiger partial charge is 0.436 e. The van der Waals surface area contributed by atoms with Crippen molar-refractivity contribution in [1.29, 1.82) is 0 Å². The average molecular weight is 525 g/mol. The molecule has 0 aliphatic rings. The minimum Gasteiger partial charge on any atom is -0.436 e. The van der Waals surface area contributed by atoms with Crippen LogP contribution in [0.1, 0.15) is 0 Å². The first kappa shape index (κ1) is 23.4. The molecule has 0 fully saturated rings. The Kier molecular flexibility index (Phi) is 5.46. The van der Waals surface area contributed by atoms with Gasteiger partial charge in [0.1, 0.15) is 5.52 Å². The third-order valence-corrected chi connectivity index (χ3v) is 7.72. The summed E-state index contributed by atoms with van der Waals surface area (Å²) in [5.41, 5.74) is 9.34. The average Bonchev–Trinajstić information content (AvgIpc) is 3.49. The molecule has 6 aromatic carbocycles. The molecule has 8 aromatic rings. The van der Waals surface area contributed by atoms with Crippen molar-refractivity contribution in [2.75, 3.05) is 0 Å². The number of aromatic nitrogens is 2. The quantitative estimate of drug-likeness (QED) is 0.215. The molecule has 0 spiro atoms. The fraction of sp³-hybridized carbons (Fsp3) is 0. The van der Waals surface area contributed by atoms with Gasteiger partial charge in [0.2, 0.25) is 5.89 Å². The summed E-state index contributed by atoms with van der Waals surface area (Å²) in [6.07, 6.45) is 3.71. The lowest BCUT2D eigenvalue weighted by atomic mass is 9.89. The second-order valence-corrected chi connectivity index (χ2v) is 10.3. The maximum atomic E-state index is 6.28. The summed E-state index contributed by atoms with van der Waals surface area (Å²) in [4.78, 5) is 9.20. The normalized spacial score (nSPS) is 11.4. The zero-order chi connectivity index (χ0) is 27.2. The second-order valence-electron chi connectivity index (χ2n) is 10.3. The number of para-hydroxylation sites is 2. The first-order valence-electron chi connectivity index (χ1n) is 13.7. The van der Waals surface area contributed by atoms with E-state index >= 15 is 0 Å². The summed E-state index contributed by atoms with van der Waals surface area (Å²) in [6.45, 7) is 0. The van der Waals surface area contributed by atoms with E-state index in [1.54, 1.807) is 6.20 Å². The SMILES string of the molecule is c1cncc(-c2cccc(-c3cc(-c4nc5ccccc5o4)cc(-c4c5ccccc5cc5ccccc45)c3)c2)c1. The highest BCUT2D eigenvalue weighted by Gasteiger charge is 2.16. The van der Waals surface area contributed by atoms with E-state index in [9.17, 15) is 0 Å². The number of oxazole rings is 1. The van der Waals surface area contributed by atoms with Crippen LogP contribution in [-0.4, -0.2) is 9.97 Å². The first-order chi connectivity index (χ1) is 20.3. The van der Waals surface area contributed by atoms with E-state index in [4.69, 9.17) is 9.40 Å². The highest BCUT2D eigenvalue weighted by Crippen LogP contribution is 2.41. The standard InChI is InChI=1S/C38H24N2O/c1-3-14-33-27(9-1)20-28-10-2-4-15-34(28)37(33)31-21-30(26-12-7-11-25(19-26)29-13-8-18-39-24-29)22-32(23-31)38-40-35-16-5-6-17-36(35)41-38/h1-24H. The molecule has 0 atom stereocenters. The fourth-order valence-corrected chi connectivity index (χ4v) is 5.79. The molecular formula is C38H24N2O. The van der Waals surface area contributed by atoms with Gasteiger partial charge in [0.25, 0.3) is 0 Å². The molecule has 2 heterocycles. The van der Waals surface area contributed by atoms with E-state index in [2.05, 4.69) is 108 Å². The molecular weight excluding hydrogens is 500 g/mol. The monoisotopic (exact) mass is 524 g/mol. The van der Waals surface area contributed by atoms with Gasteiger partial charge in [-0.15, -0.1) is 0 Å². The lowest BCUT2D eigenvalue weighted by molar-refractivity contribution is 0.620. The van der Waals surface area contributed by atoms with Crippen LogP contribution in [0, 0.1) is 0 Å². The Labute approximate surface area is 237 Å². The zero-order valence-electron chi connectivity index (χ0n) is 22.2. The molecule has 2 aromatic heterocycles. The van der Waals surface area contributed by atoms with Crippen molar-refractivity contribution in [1.82, 2.24) is 9.97 Å². The van der Waals surface area contributed by atoms with Crippen molar-refractivity contribution in [3.05, 3.63) is 146 Å². The summed E-state index contributed by atoms with van der Waals surface area (Å²) in [5, 5.41) is 4.87. The second kappa shape index (κ2) is 9.58. The molecule has 192 valence electrons. The van der Waals surface area contributed by atoms with Gasteiger partial charge in [0, 0.05) is 23.5 Å². The van der Waals surface area contributed by atoms with Gasteiger partial charge in [-0.3, -0.25) is 4.98 Å². The van der Waals surface area contributed by atoms with Gasteiger partial charge in [-0.1, -0.05) is 84.9 Å².